The van der Waals surface area contributed by atoms with Crippen molar-refractivity contribution < 1.29 is 19.1 Å². The molecule has 0 bridgehead atoms. The molecule has 1 fully saturated rings. The molecular weight excluding hydrogens is 464 g/mol. The van der Waals surface area contributed by atoms with Crippen LogP contribution < -0.4 is 15.4 Å². The predicted octanol–water partition coefficient (Wildman–Crippen LogP) is 2.99. The van der Waals surface area contributed by atoms with Crippen molar-refractivity contribution in [2.45, 2.75) is 13.8 Å². The van der Waals surface area contributed by atoms with Crippen molar-refractivity contribution in [2.24, 2.45) is 7.05 Å². The number of rotatable bonds is 5. The number of nitrogens with zero attached hydrogens (tertiary/aromatic N) is 6. The fourth-order valence-corrected chi connectivity index (χ4v) is 3.86. The highest BCUT2D eigenvalue weighted by Crippen LogP contribution is 2.26. The molecule has 0 aliphatic carbocycles. The van der Waals surface area contributed by atoms with E-state index in [4.69, 9.17) is 9.47 Å². The summed E-state index contributed by atoms with van der Waals surface area (Å²) in [5.41, 5.74) is 3.28. The average Bonchev–Trinajstić information content (AvgIpc) is 3.42. The summed E-state index contributed by atoms with van der Waals surface area (Å²) in [7, 11) is 1.73. The average molecular weight is 491 g/mol. The van der Waals surface area contributed by atoms with Crippen LogP contribution in [0.2, 0.25) is 0 Å². The number of ether oxygens (including phenoxy) is 2. The third-order valence-electron chi connectivity index (χ3n) is 5.74. The topological polar surface area (TPSA) is 128 Å². The maximum Gasteiger partial charge on any atom is 0.323 e. The van der Waals surface area contributed by atoms with Gasteiger partial charge in [-0.3, -0.25) is 14.8 Å². The minimum absolute atomic E-state index is 0.228. The molecule has 1 aromatic carbocycles. The minimum Gasteiger partial charge on any atom is -0.438 e. The van der Waals surface area contributed by atoms with Crippen molar-refractivity contribution in [1.29, 1.82) is 0 Å². The molecule has 0 atom stereocenters. The van der Waals surface area contributed by atoms with Gasteiger partial charge >= 0.3 is 6.03 Å². The second kappa shape index (κ2) is 9.66. The first kappa shape index (κ1) is 23.3. The van der Waals surface area contributed by atoms with Crippen molar-refractivity contribution in [3.63, 3.8) is 0 Å². The molecule has 2 N–H and O–H groups in total. The Labute approximate surface area is 206 Å². The molecule has 1 saturated heterocycles. The van der Waals surface area contributed by atoms with Gasteiger partial charge in [-0.15, -0.1) is 5.10 Å². The van der Waals surface area contributed by atoms with E-state index in [1.807, 2.05) is 19.9 Å². The zero-order valence-corrected chi connectivity index (χ0v) is 20.2. The molecule has 0 saturated carbocycles. The Bertz CT molecular complexity index is 1440. The zero-order chi connectivity index (χ0) is 25.2. The van der Waals surface area contributed by atoms with E-state index in [-0.39, 0.29) is 11.9 Å². The third-order valence-corrected chi connectivity index (χ3v) is 5.74. The number of benzene rings is 1. The van der Waals surface area contributed by atoms with E-state index >= 15 is 0 Å². The van der Waals surface area contributed by atoms with Crippen LogP contribution in [-0.2, 0) is 11.8 Å². The van der Waals surface area contributed by atoms with Crippen LogP contribution in [0.3, 0.4) is 0 Å². The summed E-state index contributed by atoms with van der Waals surface area (Å²) in [6.07, 6.45) is 1.62. The summed E-state index contributed by atoms with van der Waals surface area (Å²) < 4.78 is 14.3. The smallest absolute Gasteiger partial charge is 0.323 e. The molecule has 0 spiro atoms. The van der Waals surface area contributed by atoms with Crippen LogP contribution in [-0.4, -0.2) is 67.5 Å². The maximum atomic E-state index is 12.7. The van der Waals surface area contributed by atoms with Crippen LogP contribution in [0, 0.1) is 13.8 Å². The Hall–Kier alpha value is -4.45. The number of carbonyl (C=O) groups is 2. The lowest BCUT2D eigenvalue weighted by molar-refractivity contribution is 0.0564. The van der Waals surface area contributed by atoms with Gasteiger partial charge in [0.15, 0.2) is 11.5 Å². The number of morpholine rings is 1. The number of amides is 3. The fraction of sp³-hybridized carbons (Fsp3) is 0.292. The second-order valence-electron chi connectivity index (χ2n) is 8.46. The SMILES string of the molecule is Cc1cc(C(=O)Nc2cc(Oc3ccc4nc(NC(=O)N5CCOCC5)cn4n3)ccc2C)n(C)n1. The quantitative estimate of drug-likeness (QED) is 0.440. The number of urea groups is 1. The molecule has 0 radical (unpaired) electrons. The standard InChI is InChI=1S/C24H26N8O4/c1-15-4-5-17(13-18(15)25-23(33)19-12-16(2)28-30(19)3)36-22-7-6-21-26-20(14-32(21)29-22)27-24(34)31-8-10-35-11-9-31/h4-7,12-14H,8-11H2,1-3H3,(H,25,33)(H,27,34). The Morgan fingerprint density at radius 2 is 1.83 bits per heavy atom. The van der Waals surface area contributed by atoms with Gasteiger partial charge in [0.05, 0.1) is 25.1 Å². The summed E-state index contributed by atoms with van der Waals surface area (Å²) in [5, 5.41) is 14.4. The first-order chi connectivity index (χ1) is 17.4. The highest BCUT2D eigenvalue weighted by Gasteiger charge is 2.18. The minimum atomic E-state index is -0.261. The summed E-state index contributed by atoms with van der Waals surface area (Å²) in [6, 6.07) is 10.3. The van der Waals surface area contributed by atoms with E-state index in [0.29, 0.717) is 60.8 Å². The predicted molar refractivity (Wildman–Crippen MR) is 132 cm³/mol. The molecular formula is C24H26N8O4. The fourth-order valence-electron chi connectivity index (χ4n) is 3.86. The lowest BCUT2D eigenvalue weighted by Gasteiger charge is -2.26. The number of aryl methyl sites for hydroxylation is 3. The van der Waals surface area contributed by atoms with E-state index in [2.05, 4.69) is 25.8 Å². The van der Waals surface area contributed by atoms with Gasteiger partial charge in [-0.25, -0.2) is 14.3 Å². The molecule has 3 aromatic heterocycles. The molecule has 1 aliphatic heterocycles. The van der Waals surface area contributed by atoms with Crippen molar-refractivity contribution in [3.8, 4) is 11.6 Å². The second-order valence-corrected chi connectivity index (χ2v) is 8.46. The molecule has 3 amide bonds. The van der Waals surface area contributed by atoms with Crippen LogP contribution in [0.4, 0.5) is 16.3 Å². The Morgan fingerprint density at radius 3 is 2.58 bits per heavy atom. The molecule has 5 rings (SSSR count). The molecule has 12 heteroatoms. The highest BCUT2D eigenvalue weighted by molar-refractivity contribution is 6.03. The molecule has 12 nitrogen and oxygen atoms in total. The van der Waals surface area contributed by atoms with Crippen molar-refractivity contribution in [2.75, 3.05) is 36.9 Å². The van der Waals surface area contributed by atoms with Crippen LogP contribution in [0.15, 0.2) is 42.6 Å². The lowest BCUT2D eigenvalue weighted by Crippen LogP contribution is -2.43. The van der Waals surface area contributed by atoms with Crippen LogP contribution >= 0.6 is 0 Å². The number of aromatic nitrogens is 5. The normalized spacial score (nSPS) is 13.6. The third kappa shape index (κ3) is 4.98. The molecule has 186 valence electrons. The number of anilines is 2. The van der Waals surface area contributed by atoms with Crippen LogP contribution in [0.25, 0.3) is 5.65 Å². The van der Waals surface area contributed by atoms with E-state index < -0.39 is 0 Å². The lowest BCUT2D eigenvalue weighted by atomic mass is 10.2. The Morgan fingerprint density at radius 1 is 1.03 bits per heavy atom. The van der Waals surface area contributed by atoms with Gasteiger partial charge in [0.2, 0.25) is 5.88 Å². The molecule has 1 aliphatic rings. The van der Waals surface area contributed by atoms with E-state index in [1.165, 1.54) is 4.52 Å². The van der Waals surface area contributed by atoms with Gasteiger partial charge in [0.25, 0.3) is 5.91 Å². The highest BCUT2D eigenvalue weighted by atomic mass is 16.5. The largest absolute Gasteiger partial charge is 0.438 e. The number of carbonyl (C=O) groups excluding carboxylic acids is 2. The first-order valence-corrected chi connectivity index (χ1v) is 11.5. The zero-order valence-electron chi connectivity index (χ0n) is 20.2. The van der Waals surface area contributed by atoms with Crippen molar-refractivity contribution >= 4 is 29.1 Å². The summed E-state index contributed by atoms with van der Waals surface area (Å²) in [6.45, 7) is 5.85. The van der Waals surface area contributed by atoms with Gasteiger partial charge in [-0.1, -0.05) is 6.07 Å². The van der Waals surface area contributed by atoms with E-state index in [0.717, 1.165) is 11.3 Å². The maximum absolute atomic E-state index is 12.7. The van der Waals surface area contributed by atoms with Crippen molar-refractivity contribution in [3.05, 3.63) is 59.5 Å². The summed E-state index contributed by atoms with van der Waals surface area (Å²) in [5.74, 6) is 0.962. The van der Waals surface area contributed by atoms with E-state index in [1.54, 1.807) is 53.2 Å². The Kier molecular flexibility index (Phi) is 6.25. The Balaban J connectivity index is 1.29. The monoisotopic (exact) mass is 490 g/mol. The van der Waals surface area contributed by atoms with Gasteiger partial charge in [0.1, 0.15) is 11.4 Å². The van der Waals surface area contributed by atoms with Crippen LogP contribution in [0.5, 0.6) is 11.6 Å². The van der Waals surface area contributed by atoms with E-state index in [9.17, 15) is 9.59 Å². The summed E-state index contributed by atoms with van der Waals surface area (Å²) >= 11 is 0. The number of fused-ring (bicyclic) bond motifs is 1. The molecule has 4 aromatic rings. The number of nitrogens with one attached hydrogen (secondary N) is 2. The van der Waals surface area contributed by atoms with Gasteiger partial charge in [-0.2, -0.15) is 5.10 Å². The van der Waals surface area contributed by atoms with Crippen molar-refractivity contribution in [1.82, 2.24) is 29.3 Å². The number of hydrogen-bond donors (Lipinski definition) is 2. The first-order valence-electron chi connectivity index (χ1n) is 11.5. The van der Waals surface area contributed by atoms with Gasteiger partial charge in [-0.05, 0) is 37.6 Å². The number of imidazole rings is 1. The number of hydrogen-bond acceptors (Lipinski definition) is 7. The molecule has 0 unspecified atom stereocenters. The van der Waals surface area contributed by atoms with Gasteiger partial charge in [0, 0.05) is 38.0 Å². The van der Waals surface area contributed by atoms with Crippen LogP contribution in [0.1, 0.15) is 21.7 Å². The molecule has 4 heterocycles. The summed E-state index contributed by atoms with van der Waals surface area (Å²) in [4.78, 5) is 31.2. The van der Waals surface area contributed by atoms with Gasteiger partial charge < -0.3 is 19.7 Å². The molecule has 36 heavy (non-hydrogen) atoms.